The molecule has 0 unspecified atom stereocenters. The van der Waals surface area contributed by atoms with Crippen molar-refractivity contribution in [2.75, 3.05) is 19.5 Å². The van der Waals surface area contributed by atoms with E-state index < -0.39 is 0 Å². The first-order chi connectivity index (χ1) is 5.20. The highest BCUT2D eigenvalue weighted by atomic mass is 79.9. The fourth-order valence-corrected chi connectivity index (χ4v) is 0.916. The highest BCUT2D eigenvalue weighted by molar-refractivity contribution is 9.10. The molecule has 0 spiro atoms. The molecule has 0 aliphatic heterocycles. The molecular formula is C6H9BrN4. The molecule has 4 nitrogen and oxygen atoms in total. The fraction of sp³-hybridized carbons (Fsp3) is 0.333. The second-order valence-electron chi connectivity index (χ2n) is 2.23. The van der Waals surface area contributed by atoms with Crippen LogP contribution in [-0.4, -0.2) is 29.1 Å². The van der Waals surface area contributed by atoms with Gasteiger partial charge in [-0.2, -0.15) is 0 Å². The van der Waals surface area contributed by atoms with Crippen LogP contribution in [0.15, 0.2) is 17.0 Å². The third-order valence-electron chi connectivity index (χ3n) is 0.997. The van der Waals surface area contributed by atoms with Gasteiger partial charge in [0.15, 0.2) is 5.82 Å². The van der Waals surface area contributed by atoms with E-state index in [4.69, 9.17) is 0 Å². The van der Waals surface area contributed by atoms with Crippen molar-refractivity contribution < 1.29 is 0 Å². The van der Waals surface area contributed by atoms with E-state index in [1.54, 1.807) is 6.20 Å². The van der Waals surface area contributed by atoms with Crippen LogP contribution in [0.3, 0.4) is 0 Å². The van der Waals surface area contributed by atoms with Gasteiger partial charge in [-0.25, -0.2) is 15.0 Å². The third-order valence-corrected chi connectivity index (χ3v) is 1.58. The predicted octanol–water partition coefficient (Wildman–Crippen LogP) is 1.13. The Kier molecular flexibility index (Phi) is 2.78. The third kappa shape index (κ3) is 2.44. The van der Waals surface area contributed by atoms with Crippen LogP contribution < -0.4 is 5.43 Å². The smallest absolute Gasteiger partial charge is 0.158 e. The van der Waals surface area contributed by atoms with Crippen LogP contribution in [0, 0.1) is 0 Å². The van der Waals surface area contributed by atoms with Crippen molar-refractivity contribution in [2.45, 2.75) is 0 Å². The van der Waals surface area contributed by atoms with Crippen LogP contribution in [0.25, 0.3) is 0 Å². The minimum atomic E-state index is 0.769. The van der Waals surface area contributed by atoms with Crippen molar-refractivity contribution in [1.82, 2.24) is 15.0 Å². The Morgan fingerprint density at radius 2 is 2.27 bits per heavy atom. The highest BCUT2D eigenvalue weighted by Gasteiger charge is 1.98. The molecule has 0 aromatic carbocycles. The molecule has 1 N–H and O–H groups in total. The van der Waals surface area contributed by atoms with Gasteiger partial charge < -0.3 is 5.43 Å². The largest absolute Gasteiger partial charge is 0.303 e. The zero-order chi connectivity index (χ0) is 8.27. The first kappa shape index (κ1) is 8.42. The van der Waals surface area contributed by atoms with Crippen LogP contribution in [0.4, 0.5) is 5.82 Å². The maximum atomic E-state index is 4.01. The second kappa shape index (κ2) is 3.64. The number of halogens is 1. The molecule has 0 saturated heterocycles. The van der Waals surface area contributed by atoms with Crippen molar-refractivity contribution in [3.05, 3.63) is 17.0 Å². The lowest BCUT2D eigenvalue weighted by Gasteiger charge is -2.12. The molecule has 0 radical (unpaired) electrons. The monoisotopic (exact) mass is 216 g/mol. The molecule has 1 heterocycles. The van der Waals surface area contributed by atoms with Crippen molar-refractivity contribution in [1.29, 1.82) is 0 Å². The first-order valence-corrected chi connectivity index (χ1v) is 3.89. The minimum absolute atomic E-state index is 0.769. The van der Waals surface area contributed by atoms with Gasteiger partial charge in [0.2, 0.25) is 0 Å². The zero-order valence-electron chi connectivity index (χ0n) is 6.37. The van der Waals surface area contributed by atoms with E-state index in [9.17, 15) is 0 Å². The van der Waals surface area contributed by atoms with Crippen molar-refractivity contribution in [2.24, 2.45) is 0 Å². The Morgan fingerprint density at radius 1 is 1.55 bits per heavy atom. The van der Waals surface area contributed by atoms with Crippen molar-refractivity contribution >= 4 is 21.7 Å². The van der Waals surface area contributed by atoms with Gasteiger partial charge in [0.25, 0.3) is 0 Å². The van der Waals surface area contributed by atoms with Crippen LogP contribution in [-0.2, 0) is 0 Å². The fourth-order valence-electron chi connectivity index (χ4n) is 0.607. The molecule has 1 aromatic rings. The maximum absolute atomic E-state index is 4.01. The maximum Gasteiger partial charge on any atom is 0.158 e. The van der Waals surface area contributed by atoms with Crippen molar-refractivity contribution in [3.8, 4) is 0 Å². The molecule has 0 aliphatic carbocycles. The number of hydrogen-bond donors (Lipinski definition) is 1. The molecule has 0 atom stereocenters. The normalized spacial score (nSPS) is 10.2. The molecule has 0 amide bonds. The highest BCUT2D eigenvalue weighted by Crippen LogP contribution is 2.16. The van der Waals surface area contributed by atoms with Crippen LogP contribution >= 0.6 is 15.9 Å². The molecule has 5 heteroatoms. The van der Waals surface area contributed by atoms with Gasteiger partial charge in [0.1, 0.15) is 6.33 Å². The van der Waals surface area contributed by atoms with Gasteiger partial charge in [-0.15, -0.1) is 0 Å². The summed E-state index contributed by atoms with van der Waals surface area (Å²) >= 11 is 3.31. The summed E-state index contributed by atoms with van der Waals surface area (Å²) in [5.41, 5.74) is 3.01. The number of hydrazine groups is 1. The Hall–Kier alpha value is -0.680. The Labute approximate surface area is 73.7 Å². The molecule has 0 fully saturated rings. The van der Waals surface area contributed by atoms with Gasteiger partial charge >= 0.3 is 0 Å². The minimum Gasteiger partial charge on any atom is -0.303 e. The van der Waals surface area contributed by atoms with E-state index in [0.29, 0.717) is 0 Å². The zero-order valence-corrected chi connectivity index (χ0v) is 7.96. The summed E-state index contributed by atoms with van der Waals surface area (Å²) in [7, 11) is 3.79. The SMILES string of the molecule is CN(C)Nc1ncncc1Br. The lowest BCUT2D eigenvalue weighted by molar-refractivity contribution is 0.491. The average Bonchev–Trinajstić information content (AvgIpc) is 1.93. The summed E-state index contributed by atoms with van der Waals surface area (Å²) in [6, 6.07) is 0. The van der Waals surface area contributed by atoms with E-state index >= 15 is 0 Å². The second-order valence-corrected chi connectivity index (χ2v) is 3.08. The summed E-state index contributed by atoms with van der Waals surface area (Å²) in [6.45, 7) is 0. The number of hydrogen-bond acceptors (Lipinski definition) is 4. The predicted molar refractivity (Wildman–Crippen MR) is 47.0 cm³/mol. The first-order valence-electron chi connectivity index (χ1n) is 3.09. The Bertz CT molecular complexity index is 238. The number of nitrogens with zero attached hydrogens (tertiary/aromatic N) is 3. The standard InChI is InChI=1S/C6H9BrN4/c1-11(2)10-6-5(7)3-8-4-9-6/h3-4H,1-2H3,(H,8,9,10). The van der Waals surface area contributed by atoms with E-state index in [1.165, 1.54) is 6.33 Å². The Morgan fingerprint density at radius 3 is 2.82 bits per heavy atom. The van der Waals surface area contributed by atoms with Gasteiger partial charge in [-0.3, -0.25) is 0 Å². The van der Waals surface area contributed by atoms with Crippen LogP contribution in [0.1, 0.15) is 0 Å². The van der Waals surface area contributed by atoms with E-state index in [-0.39, 0.29) is 0 Å². The molecule has 0 aliphatic rings. The molecule has 60 valence electrons. The topological polar surface area (TPSA) is 41.0 Å². The quantitative estimate of drug-likeness (QED) is 0.754. The summed E-state index contributed by atoms with van der Waals surface area (Å²) < 4.78 is 0.855. The molecule has 1 aromatic heterocycles. The van der Waals surface area contributed by atoms with Crippen LogP contribution in [0.5, 0.6) is 0 Å². The summed E-state index contributed by atoms with van der Waals surface area (Å²) in [6.07, 6.45) is 3.19. The van der Waals surface area contributed by atoms with Crippen LogP contribution in [0.2, 0.25) is 0 Å². The van der Waals surface area contributed by atoms with Gasteiger partial charge in [0, 0.05) is 20.3 Å². The molecule has 1 rings (SSSR count). The molecule has 11 heavy (non-hydrogen) atoms. The average molecular weight is 217 g/mol. The Balaban J connectivity index is 2.78. The van der Waals surface area contributed by atoms with Gasteiger partial charge in [-0.05, 0) is 15.9 Å². The number of rotatable bonds is 2. The summed E-state index contributed by atoms with van der Waals surface area (Å²) in [5.74, 6) is 0.769. The molecule has 0 bridgehead atoms. The molecular weight excluding hydrogens is 208 g/mol. The number of anilines is 1. The summed E-state index contributed by atoms with van der Waals surface area (Å²) in [4.78, 5) is 7.84. The van der Waals surface area contributed by atoms with E-state index in [2.05, 4.69) is 31.3 Å². The lowest BCUT2D eigenvalue weighted by Crippen LogP contribution is -2.20. The lowest BCUT2D eigenvalue weighted by atomic mass is 10.6. The van der Waals surface area contributed by atoms with E-state index in [1.807, 2.05) is 19.1 Å². The van der Waals surface area contributed by atoms with E-state index in [0.717, 1.165) is 10.3 Å². The summed E-state index contributed by atoms with van der Waals surface area (Å²) in [5, 5.41) is 1.81. The van der Waals surface area contributed by atoms with Crippen molar-refractivity contribution in [3.63, 3.8) is 0 Å². The number of nitrogens with one attached hydrogen (secondary N) is 1. The van der Waals surface area contributed by atoms with Gasteiger partial charge in [0.05, 0.1) is 4.47 Å². The number of aromatic nitrogens is 2. The molecule has 0 saturated carbocycles. The van der Waals surface area contributed by atoms with Gasteiger partial charge in [-0.1, -0.05) is 0 Å².